The molecule has 16 heavy (non-hydrogen) atoms. The van der Waals surface area contributed by atoms with Crippen LogP contribution >= 0.6 is 0 Å². The Kier molecular flexibility index (Phi) is 2.68. The van der Waals surface area contributed by atoms with Crippen LogP contribution < -0.4 is 0 Å². The summed E-state index contributed by atoms with van der Waals surface area (Å²) in [6.45, 7) is 1.52. The summed E-state index contributed by atoms with van der Waals surface area (Å²) < 4.78 is 1.71. The number of hydrogen-bond donors (Lipinski definition) is 0. The van der Waals surface area contributed by atoms with Gasteiger partial charge >= 0.3 is 0 Å². The lowest BCUT2D eigenvalue weighted by Gasteiger charge is -2.09. The van der Waals surface area contributed by atoms with Crippen molar-refractivity contribution < 1.29 is 9.59 Å². The van der Waals surface area contributed by atoms with Gasteiger partial charge in [-0.15, -0.1) is 0 Å². The Morgan fingerprint density at radius 2 is 1.94 bits per heavy atom. The molecule has 0 aliphatic carbocycles. The van der Waals surface area contributed by atoms with E-state index in [1.165, 1.54) is 6.92 Å². The van der Waals surface area contributed by atoms with E-state index in [1.807, 2.05) is 18.2 Å². The second kappa shape index (κ2) is 4.14. The van der Waals surface area contributed by atoms with Crippen molar-refractivity contribution in [2.24, 2.45) is 0 Å². The highest BCUT2D eigenvalue weighted by Crippen LogP contribution is 2.17. The molecule has 0 bridgehead atoms. The average Bonchev–Trinajstić information content (AvgIpc) is 2.76. The van der Waals surface area contributed by atoms with Crippen LogP contribution in [0.15, 0.2) is 42.6 Å². The highest BCUT2D eigenvalue weighted by Gasteiger charge is 2.09. The van der Waals surface area contributed by atoms with Gasteiger partial charge in [-0.1, -0.05) is 12.1 Å². The first kappa shape index (κ1) is 10.4. The third-order valence-electron chi connectivity index (χ3n) is 2.44. The minimum absolute atomic E-state index is 0.0128. The van der Waals surface area contributed by atoms with Crippen molar-refractivity contribution in [3.63, 3.8) is 0 Å². The first-order chi connectivity index (χ1) is 7.74. The number of aldehydes is 1. The maximum absolute atomic E-state index is 11.5. The third-order valence-corrected chi connectivity index (χ3v) is 2.44. The number of carbonyl (C=O) groups excluding carboxylic acids is 2. The maximum Gasteiger partial charge on any atom is 0.166 e. The molecule has 3 nitrogen and oxygen atoms in total. The molecule has 0 atom stereocenters. The molecular weight excluding hydrogens is 202 g/mol. The molecule has 1 aromatic heterocycles. The summed E-state index contributed by atoms with van der Waals surface area (Å²) in [5.74, 6) is -0.0128. The van der Waals surface area contributed by atoms with Crippen molar-refractivity contribution >= 4 is 12.1 Å². The first-order valence-electron chi connectivity index (χ1n) is 4.97. The van der Waals surface area contributed by atoms with E-state index in [4.69, 9.17) is 0 Å². The molecule has 0 saturated carbocycles. The van der Waals surface area contributed by atoms with Crippen LogP contribution in [0.5, 0.6) is 0 Å². The molecule has 0 unspecified atom stereocenters. The number of ketones is 1. The van der Waals surface area contributed by atoms with Gasteiger partial charge in [-0.05, 0) is 31.2 Å². The van der Waals surface area contributed by atoms with E-state index < -0.39 is 0 Å². The van der Waals surface area contributed by atoms with Gasteiger partial charge in [0, 0.05) is 11.8 Å². The molecule has 3 heteroatoms. The van der Waals surface area contributed by atoms with Gasteiger partial charge in [-0.3, -0.25) is 9.59 Å². The molecule has 0 N–H and O–H groups in total. The fourth-order valence-electron chi connectivity index (χ4n) is 1.69. The maximum atomic E-state index is 11.5. The summed E-state index contributed by atoms with van der Waals surface area (Å²) >= 11 is 0. The molecule has 0 aliphatic heterocycles. The lowest BCUT2D eigenvalue weighted by molar-refractivity contribution is 0.101. The van der Waals surface area contributed by atoms with E-state index in [0.29, 0.717) is 11.3 Å². The lowest BCUT2D eigenvalue weighted by atomic mass is 10.1. The largest absolute Gasteiger partial charge is 0.313 e. The molecular formula is C13H11NO2. The van der Waals surface area contributed by atoms with Crippen LogP contribution in [0.1, 0.15) is 27.8 Å². The Bertz CT molecular complexity index is 540. The molecule has 0 saturated heterocycles. The molecule has 0 amide bonds. The Morgan fingerprint density at radius 3 is 2.62 bits per heavy atom. The summed E-state index contributed by atoms with van der Waals surface area (Å²) in [7, 11) is 0. The van der Waals surface area contributed by atoms with Crippen LogP contribution in [0.25, 0.3) is 5.69 Å². The van der Waals surface area contributed by atoms with E-state index in [1.54, 1.807) is 29.0 Å². The molecule has 2 aromatic rings. The van der Waals surface area contributed by atoms with Crippen LogP contribution in [-0.2, 0) is 0 Å². The van der Waals surface area contributed by atoms with Crippen LogP contribution in [0.4, 0.5) is 0 Å². The van der Waals surface area contributed by atoms with Gasteiger partial charge < -0.3 is 4.57 Å². The van der Waals surface area contributed by atoms with Crippen LogP contribution in [0.2, 0.25) is 0 Å². The van der Waals surface area contributed by atoms with E-state index in [2.05, 4.69) is 0 Å². The van der Waals surface area contributed by atoms with Crippen LogP contribution in [0.3, 0.4) is 0 Å². The van der Waals surface area contributed by atoms with Gasteiger partial charge in [0.15, 0.2) is 12.1 Å². The van der Waals surface area contributed by atoms with Gasteiger partial charge in [0.1, 0.15) is 0 Å². The summed E-state index contributed by atoms with van der Waals surface area (Å²) in [5.41, 5.74) is 1.89. The number of rotatable bonds is 3. The first-order valence-corrected chi connectivity index (χ1v) is 4.97. The third kappa shape index (κ3) is 1.67. The Hall–Kier alpha value is -2.16. The quantitative estimate of drug-likeness (QED) is 0.580. The smallest absolute Gasteiger partial charge is 0.166 e. The fourth-order valence-corrected chi connectivity index (χ4v) is 1.69. The molecule has 80 valence electrons. The standard InChI is InChI=1S/C13H11NO2/c1-10(16)12-6-2-3-7-13(12)14-8-4-5-11(14)9-15/h2-9H,1H3. The predicted molar refractivity (Wildman–Crippen MR) is 61.2 cm³/mol. The summed E-state index contributed by atoms with van der Waals surface area (Å²) in [5, 5.41) is 0. The van der Waals surface area contributed by atoms with Gasteiger partial charge in [-0.25, -0.2) is 0 Å². The fraction of sp³-hybridized carbons (Fsp3) is 0.0769. The van der Waals surface area contributed by atoms with Crippen molar-refractivity contribution in [2.45, 2.75) is 6.92 Å². The van der Waals surface area contributed by atoms with Gasteiger partial charge in [0.25, 0.3) is 0 Å². The highest BCUT2D eigenvalue weighted by atomic mass is 16.1. The van der Waals surface area contributed by atoms with Crippen molar-refractivity contribution in [1.29, 1.82) is 0 Å². The zero-order chi connectivity index (χ0) is 11.5. The minimum atomic E-state index is -0.0128. The van der Waals surface area contributed by atoms with Crippen LogP contribution in [0, 0.1) is 0 Å². The summed E-state index contributed by atoms with van der Waals surface area (Å²) in [6.07, 6.45) is 2.54. The molecule has 1 heterocycles. The minimum Gasteiger partial charge on any atom is -0.313 e. The predicted octanol–water partition coefficient (Wildman–Crippen LogP) is 2.49. The van der Waals surface area contributed by atoms with E-state index in [0.717, 1.165) is 12.0 Å². The van der Waals surface area contributed by atoms with Crippen molar-refractivity contribution in [3.8, 4) is 5.69 Å². The van der Waals surface area contributed by atoms with Gasteiger partial charge in [-0.2, -0.15) is 0 Å². The summed E-state index contributed by atoms with van der Waals surface area (Å²) in [6, 6.07) is 10.7. The Labute approximate surface area is 93.3 Å². The lowest BCUT2D eigenvalue weighted by Crippen LogP contribution is -2.04. The van der Waals surface area contributed by atoms with E-state index in [-0.39, 0.29) is 5.78 Å². The molecule has 1 aromatic carbocycles. The Balaban J connectivity index is 2.64. The molecule has 0 fully saturated rings. The number of nitrogens with zero attached hydrogens (tertiary/aromatic N) is 1. The zero-order valence-corrected chi connectivity index (χ0v) is 8.88. The van der Waals surface area contributed by atoms with E-state index in [9.17, 15) is 9.59 Å². The van der Waals surface area contributed by atoms with Crippen molar-refractivity contribution in [3.05, 3.63) is 53.9 Å². The zero-order valence-electron chi connectivity index (χ0n) is 8.88. The molecule has 0 radical (unpaired) electrons. The van der Waals surface area contributed by atoms with Crippen LogP contribution in [-0.4, -0.2) is 16.6 Å². The number of benzene rings is 1. The molecule has 2 rings (SSSR count). The van der Waals surface area contributed by atoms with Gasteiger partial charge in [0.2, 0.25) is 0 Å². The normalized spacial score (nSPS) is 10.1. The summed E-state index contributed by atoms with van der Waals surface area (Å²) in [4.78, 5) is 22.3. The second-order valence-electron chi connectivity index (χ2n) is 3.49. The van der Waals surface area contributed by atoms with Crippen molar-refractivity contribution in [1.82, 2.24) is 4.57 Å². The molecule has 0 aliphatic rings. The average molecular weight is 213 g/mol. The SMILES string of the molecule is CC(=O)c1ccccc1-n1cccc1C=O. The Morgan fingerprint density at radius 1 is 1.19 bits per heavy atom. The molecule has 0 spiro atoms. The topological polar surface area (TPSA) is 39.1 Å². The van der Waals surface area contributed by atoms with E-state index >= 15 is 0 Å². The highest BCUT2D eigenvalue weighted by molar-refractivity contribution is 5.98. The number of hydrogen-bond acceptors (Lipinski definition) is 2. The van der Waals surface area contributed by atoms with Gasteiger partial charge in [0.05, 0.1) is 11.4 Å². The second-order valence-corrected chi connectivity index (χ2v) is 3.49. The number of Topliss-reactive ketones (excluding diaryl/α,β-unsaturated/α-hetero) is 1. The van der Waals surface area contributed by atoms with Crippen molar-refractivity contribution in [2.75, 3.05) is 0 Å². The number of aromatic nitrogens is 1. The number of para-hydroxylation sites is 1. The number of carbonyl (C=O) groups is 2. The monoisotopic (exact) mass is 213 g/mol.